The smallest absolute Gasteiger partial charge is 0.331 e. The molecule has 8 heteroatoms. The summed E-state index contributed by atoms with van der Waals surface area (Å²) in [6, 6.07) is 0. The van der Waals surface area contributed by atoms with Crippen molar-refractivity contribution in [3.63, 3.8) is 0 Å². The van der Waals surface area contributed by atoms with Crippen molar-refractivity contribution in [1.29, 1.82) is 0 Å². The maximum atomic E-state index is 11.6. The van der Waals surface area contributed by atoms with Gasteiger partial charge in [0.15, 0.2) is 0 Å². The average Bonchev–Trinajstić information content (AvgIpc) is 2.23. The van der Waals surface area contributed by atoms with E-state index in [-0.39, 0.29) is 6.42 Å². The monoisotopic (exact) mass is 254 g/mol. The standard InChI is InChI=1S/C7H11O6PS/c1-4-6-12-15(9,10)7(5-2,11-3)13-14-8/h1H,5-6H2,2-3H3. The predicted octanol–water partition coefficient (Wildman–Crippen LogP) is 0.899. The number of terminal acetylenes is 1. The summed E-state index contributed by atoms with van der Waals surface area (Å²) in [5.74, 6) is 1.99. The van der Waals surface area contributed by atoms with Crippen LogP contribution in [0.4, 0.5) is 0 Å². The molecule has 0 saturated heterocycles. The van der Waals surface area contributed by atoms with Crippen LogP contribution in [0.3, 0.4) is 0 Å². The van der Waals surface area contributed by atoms with E-state index in [4.69, 9.17) is 6.42 Å². The summed E-state index contributed by atoms with van der Waals surface area (Å²) in [5.41, 5.74) is 0. The van der Waals surface area contributed by atoms with Gasteiger partial charge in [-0.15, -0.1) is 6.42 Å². The van der Waals surface area contributed by atoms with Crippen LogP contribution in [0.5, 0.6) is 0 Å². The Hall–Kier alpha value is -0.510. The van der Waals surface area contributed by atoms with Gasteiger partial charge in [0, 0.05) is 13.5 Å². The van der Waals surface area contributed by atoms with Gasteiger partial charge in [-0.25, -0.2) is 9.09 Å². The molecule has 0 fully saturated rings. The van der Waals surface area contributed by atoms with Crippen LogP contribution in [-0.4, -0.2) is 27.3 Å². The number of hydrogen-bond donors (Lipinski definition) is 0. The Morgan fingerprint density at radius 1 is 1.53 bits per heavy atom. The van der Waals surface area contributed by atoms with Crippen molar-refractivity contribution >= 4 is 18.8 Å². The Morgan fingerprint density at radius 3 is 2.47 bits per heavy atom. The molecule has 0 saturated carbocycles. The zero-order valence-electron chi connectivity index (χ0n) is 8.30. The highest BCUT2D eigenvalue weighted by molar-refractivity contribution is 7.87. The van der Waals surface area contributed by atoms with E-state index >= 15 is 0 Å². The number of ether oxygens (including phenoxy) is 1. The molecule has 1 unspecified atom stereocenters. The van der Waals surface area contributed by atoms with Crippen molar-refractivity contribution in [2.24, 2.45) is 0 Å². The van der Waals surface area contributed by atoms with Gasteiger partial charge >= 0.3 is 23.9 Å². The lowest BCUT2D eigenvalue weighted by atomic mass is 10.5. The predicted molar refractivity (Wildman–Crippen MR) is 52.4 cm³/mol. The average molecular weight is 254 g/mol. The van der Waals surface area contributed by atoms with Gasteiger partial charge in [-0.3, -0.25) is 4.18 Å². The third kappa shape index (κ3) is 3.23. The molecule has 1 atom stereocenters. The van der Waals surface area contributed by atoms with Gasteiger partial charge in [-0.05, 0) is 0 Å². The van der Waals surface area contributed by atoms with Crippen LogP contribution in [-0.2, 0) is 28.1 Å². The van der Waals surface area contributed by atoms with E-state index in [0.717, 1.165) is 7.11 Å². The largest absolute Gasteiger partial charge is 0.338 e. The molecule has 0 aromatic rings. The molecule has 0 aromatic carbocycles. The molecule has 86 valence electrons. The molecule has 0 aliphatic heterocycles. The first-order chi connectivity index (χ1) is 6.99. The minimum absolute atomic E-state index is 0.0916. The van der Waals surface area contributed by atoms with Crippen LogP contribution in [0.1, 0.15) is 13.3 Å². The fourth-order valence-corrected chi connectivity index (χ4v) is 2.56. The van der Waals surface area contributed by atoms with Crippen molar-refractivity contribution in [3.05, 3.63) is 0 Å². The van der Waals surface area contributed by atoms with E-state index in [1.54, 1.807) is 0 Å². The van der Waals surface area contributed by atoms with Crippen molar-refractivity contribution in [2.75, 3.05) is 13.7 Å². The molecule has 0 spiro atoms. The van der Waals surface area contributed by atoms with Crippen molar-refractivity contribution in [3.8, 4) is 12.3 Å². The minimum atomic E-state index is -4.20. The summed E-state index contributed by atoms with van der Waals surface area (Å²) in [7, 11) is -3.93. The molecule has 0 amide bonds. The number of methoxy groups -OCH3 is 1. The maximum absolute atomic E-state index is 11.6. The van der Waals surface area contributed by atoms with Crippen LogP contribution in [0.2, 0.25) is 0 Å². The van der Waals surface area contributed by atoms with Crippen LogP contribution in [0, 0.1) is 12.3 Å². The lowest BCUT2D eigenvalue weighted by molar-refractivity contribution is -0.0959. The van der Waals surface area contributed by atoms with Gasteiger partial charge in [0.05, 0.1) is 0 Å². The van der Waals surface area contributed by atoms with E-state index in [1.807, 2.05) is 5.92 Å². The Labute approximate surface area is 90.3 Å². The Balaban J connectivity index is 5.06. The van der Waals surface area contributed by atoms with E-state index in [0.29, 0.717) is 0 Å². The Bertz CT molecular complexity index is 339. The van der Waals surface area contributed by atoms with Crippen LogP contribution in [0.15, 0.2) is 0 Å². The van der Waals surface area contributed by atoms with E-state index < -0.39 is 30.5 Å². The molecule has 0 rings (SSSR count). The van der Waals surface area contributed by atoms with Gasteiger partial charge in [-0.1, -0.05) is 12.8 Å². The van der Waals surface area contributed by atoms with Crippen molar-refractivity contribution < 1.29 is 26.4 Å². The van der Waals surface area contributed by atoms with Gasteiger partial charge in [-0.2, -0.15) is 8.42 Å². The fourth-order valence-electron chi connectivity index (χ4n) is 0.829. The second-order valence-corrected chi connectivity index (χ2v) is 4.42. The van der Waals surface area contributed by atoms with Gasteiger partial charge < -0.3 is 4.74 Å². The normalized spacial score (nSPS) is 15.8. The zero-order valence-corrected chi connectivity index (χ0v) is 10.0. The summed E-state index contributed by atoms with van der Waals surface area (Å²) in [6.07, 6.45) is 4.76. The molecule has 0 radical (unpaired) electrons. The third-order valence-corrected chi connectivity index (χ3v) is 3.82. The molecular weight excluding hydrogens is 243 g/mol. The van der Waals surface area contributed by atoms with Crippen molar-refractivity contribution in [1.82, 2.24) is 0 Å². The first-order valence-electron chi connectivity index (χ1n) is 3.88. The van der Waals surface area contributed by atoms with Crippen LogP contribution >= 0.6 is 8.69 Å². The van der Waals surface area contributed by atoms with E-state index in [9.17, 15) is 13.0 Å². The Kier molecular flexibility index (Phi) is 5.95. The SMILES string of the molecule is C#CCOS(=O)(=O)C(CC)(OC)OP=O. The van der Waals surface area contributed by atoms with Gasteiger partial charge in [0.1, 0.15) is 6.61 Å². The molecular formula is C7H11O6PS. The van der Waals surface area contributed by atoms with E-state index in [2.05, 4.69) is 13.4 Å². The lowest BCUT2D eigenvalue weighted by Crippen LogP contribution is -2.41. The summed E-state index contributed by atoms with van der Waals surface area (Å²) in [6.45, 7) is 1.04. The van der Waals surface area contributed by atoms with Gasteiger partial charge in [0.25, 0.3) is 0 Å². The topological polar surface area (TPSA) is 78.9 Å². The highest BCUT2D eigenvalue weighted by atomic mass is 32.2. The molecule has 6 nitrogen and oxygen atoms in total. The maximum Gasteiger partial charge on any atom is 0.331 e. The van der Waals surface area contributed by atoms with E-state index in [1.165, 1.54) is 6.92 Å². The number of hydrogen-bond acceptors (Lipinski definition) is 6. The highest BCUT2D eigenvalue weighted by Crippen LogP contribution is 2.29. The number of rotatable bonds is 7. The zero-order chi connectivity index (χ0) is 11.9. The molecule has 0 bridgehead atoms. The van der Waals surface area contributed by atoms with Crippen LogP contribution < -0.4 is 0 Å². The lowest BCUT2D eigenvalue weighted by Gasteiger charge is -2.25. The molecule has 0 N–H and O–H groups in total. The quantitative estimate of drug-likeness (QED) is 0.290. The fraction of sp³-hybridized carbons (Fsp3) is 0.714. The molecule has 0 heterocycles. The first kappa shape index (κ1) is 14.5. The second-order valence-electron chi connectivity index (χ2n) is 2.33. The first-order valence-corrected chi connectivity index (χ1v) is 6.02. The molecule has 15 heavy (non-hydrogen) atoms. The molecule has 0 aliphatic carbocycles. The summed E-state index contributed by atoms with van der Waals surface area (Å²) >= 11 is 0. The minimum Gasteiger partial charge on any atom is -0.338 e. The Morgan fingerprint density at radius 2 is 2.13 bits per heavy atom. The molecule has 0 aromatic heterocycles. The highest BCUT2D eigenvalue weighted by Gasteiger charge is 2.46. The molecule has 0 aliphatic rings. The summed E-state index contributed by atoms with van der Waals surface area (Å²) < 4.78 is 47.0. The van der Waals surface area contributed by atoms with Crippen molar-refractivity contribution in [2.45, 2.75) is 18.5 Å². The van der Waals surface area contributed by atoms with Gasteiger partial charge in [0.2, 0.25) is 0 Å². The summed E-state index contributed by atoms with van der Waals surface area (Å²) in [4.78, 5) is 0. The summed E-state index contributed by atoms with van der Waals surface area (Å²) in [5, 5.41) is -2.09. The second kappa shape index (κ2) is 6.16. The third-order valence-electron chi connectivity index (χ3n) is 1.60. The van der Waals surface area contributed by atoms with Crippen LogP contribution in [0.25, 0.3) is 0 Å².